The second kappa shape index (κ2) is 5.76. The van der Waals surface area contributed by atoms with Gasteiger partial charge in [0.05, 0.1) is 12.9 Å². The Morgan fingerprint density at radius 3 is 2.52 bits per heavy atom. The zero-order valence-electron chi connectivity index (χ0n) is 12.2. The highest BCUT2D eigenvalue weighted by Crippen LogP contribution is 2.21. The molecule has 2 heterocycles. The number of ether oxygens (including phenoxy) is 1. The van der Waals surface area contributed by atoms with Crippen molar-refractivity contribution in [2.75, 3.05) is 12.9 Å². The van der Waals surface area contributed by atoms with Crippen LogP contribution in [0, 0.1) is 0 Å². The van der Waals surface area contributed by atoms with Gasteiger partial charge in [-0.1, -0.05) is 11.8 Å². The van der Waals surface area contributed by atoms with Crippen molar-refractivity contribution in [1.82, 2.24) is 18.7 Å². The monoisotopic (exact) mass is 312 g/mol. The predicted molar refractivity (Wildman–Crippen MR) is 78.6 cm³/mol. The number of imidazole rings is 1. The zero-order chi connectivity index (χ0) is 15.7. The Bertz CT molecular complexity index is 817. The van der Waals surface area contributed by atoms with Crippen LogP contribution in [0.4, 0.5) is 0 Å². The molecule has 0 atom stereocenters. The van der Waals surface area contributed by atoms with Crippen LogP contribution >= 0.6 is 11.8 Å². The van der Waals surface area contributed by atoms with Gasteiger partial charge in [0.1, 0.15) is 0 Å². The normalized spacial score (nSPS) is 11.0. The highest BCUT2D eigenvalue weighted by Gasteiger charge is 2.19. The second-order valence-corrected chi connectivity index (χ2v) is 5.32. The number of carbonyl (C=O) groups excluding carboxylic acids is 1. The molecule has 0 bridgehead atoms. The lowest BCUT2D eigenvalue weighted by Gasteiger charge is -2.06. The first-order valence-electron chi connectivity index (χ1n) is 6.28. The topological polar surface area (TPSA) is 88.1 Å². The van der Waals surface area contributed by atoms with Gasteiger partial charge in [-0.25, -0.2) is 9.78 Å². The molecule has 0 aromatic carbocycles. The van der Waals surface area contributed by atoms with E-state index in [1.165, 1.54) is 30.5 Å². The first-order chi connectivity index (χ1) is 9.92. The molecule has 0 amide bonds. The smallest absolute Gasteiger partial charge is 0.332 e. The molecule has 2 aromatic heterocycles. The van der Waals surface area contributed by atoms with Crippen LogP contribution < -0.4 is 11.2 Å². The van der Waals surface area contributed by atoms with E-state index in [1.807, 2.05) is 6.92 Å². The maximum absolute atomic E-state index is 12.3. The van der Waals surface area contributed by atoms with Crippen molar-refractivity contribution in [3.63, 3.8) is 0 Å². The number of methoxy groups -OCH3 is 1. The van der Waals surface area contributed by atoms with Gasteiger partial charge in [0, 0.05) is 20.6 Å². The third-order valence-electron chi connectivity index (χ3n) is 3.18. The molecule has 0 aliphatic heterocycles. The summed E-state index contributed by atoms with van der Waals surface area (Å²) in [5.74, 6) is -0.287. The maximum Gasteiger partial charge on any atom is 0.332 e. The summed E-state index contributed by atoms with van der Waals surface area (Å²) in [6.07, 6.45) is 0. The van der Waals surface area contributed by atoms with Crippen molar-refractivity contribution < 1.29 is 9.53 Å². The number of carbonyl (C=O) groups is 1. The molecule has 0 unspecified atom stereocenters. The number of rotatable bonds is 4. The lowest BCUT2D eigenvalue weighted by molar-refractivity contribution is -0.137. The minimum atomic E-state index is -0.433. The van der Waals surface area contributed by atoms with E-state index in [0.717, 1.165) is 4.57 Å². The molecule has 0 spiro atoms. The Kier molecular flexibility index (Phi) is 4.21. The van der Waals surface area contributed by atoms with Crippen molar-refractivity contribution in [2.24, 2.45) is 14.1 Å². The lowest BCUT2D eigenvalue weighted by Crippen LogP contribution is -2.37. The van der Waals surface area contributed by atoms with E-state index in [9.17, 15) is 14.4 Å². The molecule has 9 heteroatoms. The van der Waals surface area contributed by atoms with Crippen molar-refractivity contribution in [3.05, 3.63) is 20.8 Å². The molecule has 0 aliphatic carbocycles. The van der Waals surface area contributed by atoms with Crippen molar-refractivity contribution in [1.29, 1.82) is 0 Å². The number of aromatic nitrogens is 4. The molecule has 0 radical (unpaired) electrons. The third kappa shape index (κ3) is 2.48. The summed E-state index contributed by atoms with van der Waals surface area (Å²) in [5.41, 5.74) is -0.156. The van der Waals surface area contributed by atoms with E-state index < -0.39 is 11.2 Å². The van der Waals surface area contributed by atoms with Crippen molar-refractivity contribution >= 4 is 28.9 Å². The van der Waals surface area contributed by atoms with E-state index in [1.54, 1.807) is 11.6 Å². The second-order valence-electron chi connectivity index (χ2n) is 4.38. The van der Waals surface area contributed by atoms with Crippen molar-refractivity contribution in [3.8, 4) is 0 Å². The van der Waals surface area contributed by atoms with Crippen molar-refractivity contribution in [2.45, 2.75) is 18.6 Å². The Balaban J connectivity index is 2.67. The van der Waals surface area contributed by atoms with Crippen LogP contribution in [0.15, 0.2) is 14.7 Å². The average Bonchev–Trinajstić information content (AvgIpc) is 2.86. The summed E-state index contributed by atoms with van der Waals surface area (Å²) >= 11 is 1.17. The van der Waals surface area contributed by atoms with Gasteiger partial charge in [-0.2, -0.15) is 0 Å². The molecule has 0 saturated carbocycles. The number of esters is 1. The number of aryl methyl sites for hydroxylation is 2. The summed E-state index contributed by atoms with van der Waals surface area (Å²) in [7, 11) is 4.30. The molecule has 114 valence electrons. The standard InChI is InChI=1S/C12H16N4O4S/c1-5-16-8-9(13-11(16)21-6-7(17)20-4)14(2)12(19)15(3)10(8)18/h5-6H2,1-4H3. The van der Waals surface area contributed by atoms with Crippen LogP contribution in [0.1, 0.15) is 6.92 Å². The van der Waals surface area contributed by atoms with E-state index in [0.29, 0.717) is 22.9 Å². The Morgan fingerprint density at radius 1 is 1.29 bits per heavy atom. The van der Waals surface area contributed by atoms with Gasteiger partial charge >= 0.3 is 11.7 Å². The fraction of sp³-hybridized carbons (Fsp3) is 0.500. The van der Waals surface area contributed by atoms with Gasteiger partial charge < -0.3 is 9.30 Å². The Morgan fingerprint density at radius 2 is 1.95 bits per heavy atom. The van der Waals surface area contributed by atoms with Crippen LogP contribution in [0.2, 0.25) is 0 Å². The molecule has 0 aliphatic rings. The molecule has 0 saturated heterocycles. The fourth-order valence-electron chi connectivity index (χ4n) is 2.01. The number of nitrogens with zero attached hydrogens (tertiary/aromatic N) is 4. The average molecular weight is 312 g/mol. The predicted octanol–water partition coefficient (Wildman–Crippen LogP) is -0.281. The highest BCUT2D eigenvalue weighted by molar-refractivity contribution is 7.99. The summed E-state index contributed by atoms with van der Waals surface area (Å²) in [4.78, 5) is 39.8. The summed E-state index contributed by atoms with van der Waals surface area (Å²) in [6, 6.07) is 0. The first-order valence-corrected chi connectivity index (χ1v) is 7.26. The number of thioether (sulfide) groups is 1. The molecular weight excluding hydrogens is 296 g/mol. The highest BCUT2D eigenvalue weighted by atomic mass is 32.2. The summed E-state index contributed by atoms with van der Waals surface area (Å²) < 4.78 is 8.66. The van der Waals surface area contributed by atoms with E-state index in [2.05, 4.69) is 9.72 Å². The van der Waals surface area contributed by atoms with Gasteiger partial charge in [-0.15, -0.1) is 0 Å². The Hall–Kier alpha value is -2.03. The van der Waals surface area contributed by atoms with E-state index in [4.69, 9.17) is 0 Å². The molecular formula is C12H16N4O4S. The summed E-state index contributed by atoms with van der Waals surface area (Å²) in [6.45, 7) is 2.38. The van der Waals surface area contributed by atoms with Crippen LogP contribution in [-0.2, 0) is 30.2 Å². The quantitative estimate of drug-likeness (QED) is 0.570. The number of hydrogen-bond acceptors (Lipinski definition) is 6. The van der Waals surface area contributed by atoms with Crippen LogP contribution in [0.3, 0.4) is 0 Å². The minimum absolute atomic E-state index is 0.0914. The van der Waals surface area contributed by atoms with Gasteiger partial charge in [0.2, 0.25) is 0 Å². The molecule has 0 N–H and O–H groups in total. The number of hydrogen-bond donors (Lipinski definition) is 0. The van der Waals surface area contributed by atoms with Gasteiger partial charge in [-0.05, 0) is 6.92 Å². The maximum atomic E-state index is 12.3. The van der Waals surface area contributed by atoms with Crippen LogP contribution in [0.25, 0.3) is 11.2 Å². The Labute approximate surface area is 124 Å². The van der Waals surface area contributed by atoms with Crippen LogP contribution in [0.5, 0.6) is 0 Å². The van der Waals surface area contributed by atoms with Gasteiger partial charge in [-0.3, -0.25) is 18.7 Å². The van der Waals surface area contributed by atoms with E-state index >= 15 is 0 Å². The minimum Gasteiger partial charge on any atom is -0.468 e. The van der Waals surface area contributed by atoms with Gasteiger partial charge in [0.25, 0.3) is 5.56 Å². The third-order valence-corrected chi connectivity index (χ3v) is 4.13. The largest absolute Gasteiger partial charge is 0.468 e. The summed E-state index contributed by atoms with van der Waals surface area (Å²) in [5, 5.41) is 0.510. The first kappa shape index (κ1) is 15.4. The molecule has 2 rings (SSSR count). The lowest BCUT2D eigenvalue weighted by atomic mass is 10.5. The SMILES string of the molecule is CCn1c(SCC(=O)OC)nc2c1c(=O)n(C)c(=O)n2C. The zero-order valence-corrected chi connectivity index (χ0v) is 13.1. The molecule has 2 aromatic rings. The fourth-order valence-corrected chi connectivity index (χ4v) is 2.90. The van der Waals surface area contributed by atoms with Crippen LogP contribution in [-0.4, -0.2) is 37.5 Å². The molecule has 21 heavy (non-hydrogen) atoms. The number of fused-ring (bicyclic) bond motifs is 1. The van der Waals surface area contributed by atoms with Gasteiger partial charge in [0.15, 0.2) is 16.3 Å². The molecule has 0 fully saturated rings. The van der Waals surface area contributed by atoms with E-state index in [-0.39, 0.29) is 11.7 Å². The molecule has 8 nitrogen and oxygen atoms in total.